The largest absolute Gasteiger partial charge is 0.490 e. The van der Waals surface area contributed by atoms with Gasteiger partial charge in [-0.3, -0.25) is 9.78 Å². The zero-order valence-corrected chi connectivity index (χ0v) is 31.6. The Morgan fingerprint density at radius 3 is 2.28 bits per heavy atom. The van der Waals surface area contributed by atoms with Crippen molar-refractivity contribution in [2.24, 2.45) is 0 Å². The molecule has 0 bridgehead atoms. The number of carbonyl (C=O) groups is 1. The van der Waals surface area contributed by atoms with Crippen LogP contribution in [0.3, 0.4) is 0 Å². The number of aliphatic hydroxyl groups is 5. The number of aliphatic hydroxyl groups excluding tert-OH is 5. The SMILES string of the molecule is O=C(CCCCc1cc(Cl)c(COC2(c3cnccc3-c3ccccc3OC3CC3)CC2)cc1Cl)N(Cc1ccccc1)CC(O)C(O)C(O)C(O)CO. The molecule has 0 saturated heterocycles. The number of hydrogen-bond acceptors (Lipinski definition) is 9. The van der Waals surface area contributed by atoms with Gasteiger partial charge in [0.2, 0.25) is 5.91 Å². The van der Waals surface area contributed by atoms with Crippen LogP contribution in [0.25, 0.3) is 11.1 Å². The Balaban J connectivity index is 1.05. The van der Waals surface area contributed by atoms with E-state index < -0.39 is 36.6 Å². The fraction of sp³-hybridized carbons (Fsp3) is 0.429. The highest BCUT2D eigenvalue weighted by Crippen LogP contribution is 2.53. The van der Waals surface area contributed by atoms with E-state index in [9.17, 15) is 25.2 Å². The molecule has 54 heavy (non-hydrogen) atoms. The van der Waals surface area contributed by atoms with Gasteiger partial charge in [0.15, 0.2) is 0 Å². The Labute approximate surface area is 325 Å². The summed E-state index contributed by atoms with van der Waals surface area (Å²) >= 11 is 13.5. The van der Waals surface area contributed by atoms with Crippen LogP contribution in [0.1, 0.15) is 67.2 Å². The van der Waals surface area contributed by atoms with Gasteiger partial charge in [-0.2, -0.15) is 0 Å². The van der Waals surface area contributed by atoms with Crippen molar-refractivity contribution < 1.29 is 39.8 Å². The first kappa shape index (κ1) is 40.1. The van der Waals surface area contributed by atoms with E-state index in [-0.39, 0.29) is 38.1 Å². The van der Waals surface area contributed by atoms with Crippen molar-refractivity contribution in [3.63, 3.8) is 0 Å². The summed E-state index contributed by atoms with van der Waals surface area (Å²) in [5.74, 6) is 0.623. The number of aromatic nitrogens is 1. The van der Waals surface area contributed by atoms with Crippen molar-refractivity contribution in [2.75, 3.05) is 13.2 Å². The van der Waals surface area contributed by atoms with E-state index in [0.29, 0.717) is 29.3 Å². The zero-order valence-electron chi connectivity index (χ0n) is 30.1. The maximum Gasteiger partial charge on any atom is 0.222 e. The van der Waals surface area contributed by atoms with Crippen molar-refractivity contribution in [1.82, 2.24) is 9.88 Å². The summed E-state index contributed by atoms with van der Waals surface area (Å²) in [6.45, 7) is -0.613. The Morgan fingerprint density at radius 2 is 1.56 bits per heavy atom. The van der Waals surface area contributed by atoms with Crippen LogP contribution in [0.4, 0.5) is 0 Å². The van der Waals surface area contributed by atoms with Gasteiger partial charge in [-0.25, -0.2) is 0 Å². The molecule has 4 atom stereocenters. The van der Waals surface area contributed by atoms with Gasteiger partial charge in [0.1, 0.15) is 30.2 Å². The van der Waals surface area contributed by atoms with Crippen LogP contribution in [0.2, 0.25) is 10.0 Å². The van der Waals surface area contributed by atoms with E-state index in [1.54, 1.807) is 6.20 Å². The van der Waals surface area contributed by atoms with Gasteiger partial charge in [0, 0.05) is 53.1 Å². The van der Waals surface area contributed by atoms with E-state index in [2.05, 4.69) is 11.1 Å². The van der Waals surface area contributed by atoms with Crippen LogP contribution < -0.4 is 4.74 Å². The van der Waals surface area contributed by atoms with Crippen LogP contribution in [0, 0.1) is 0 Å². The Bertz CT molecular complexity index is 1860. The molecule has 2 fully saturated rings. The molecule has 2 saturated carbocycles. The minimum absolute atomic E-state index is 0.171. The highest BCUT2D eigenvalue weighted by Gasteiger charge is 2.48. The lowest BCUT2D eigenvalue weighted by molar-refractivity contribution is -0.140. The van der Waals surface area contributed by atoms with Crippen LogP contribution in [-0.4, -0.2) is 85.0 Å². The van der Waals surface area contributed by atoms with Crippen molar-refractivity contribution >= 4 is 29.1 Å². The lowest BCUT2D eigenvalue weighted by Gasteiger charge is -2.30. The minimum atomic E-state index is -1.78. The molecule has 0 spiro atoms. The number of ether oxygens (including phenoxy) is 2. The normalized spacial score (nSPS) is 17.0. The Morgan fingerprint density at radius 1 is 0.870 bits per heavy atom. The summed E-state index contributed by atoms with van der Waals surface area (Å²) in [7, 11) is 0. The summed E-state index contributed by atoms with van der Waals surface area (Å²) in [5, 5.41) is 51.0. The van der Waals surface area contributed by atoms with Gasteiger partial charge >= 0.3 is 0 Å². The molecule has 1 aromatic heterocycles. The standard InChI is InChI=1S/C42H48Cl2N2O8/c43-34-21-29(26-53-42(17-18-42)33-22-45-19-16-31(33)32-11-5-6-12-38(32)54-30-14-15-30)35(44)20-28(34)10-4-7-13-39(50)46(23-27-8-2-1-3-9-27)24-36(48)40(51)41(52)37(49)25-47/h1-3,5-6,8-9,11-12,16,19-22,30,36-37,40-41,47-49,51-52H,4,7,10,13-15,17-18,23-26H2. The smallest absolute Gasteiger partial charge is 0.222 e. The molecule has 6 rings (SSSR count). The number of aryl methyl sites for hydroxylation is 1. The number of amides is 1. The molecule has 3 aromatic carbocycles. The molecular formula is C42H48Cl2N2O8. The molecule has 1 amide bonds. The van der Waals surface area contributed by atoms with Gasteiger partial charge < -0.3 is 39.9 Å². The van der Waals surface area contributed by atoms with Crippen molar-refractivity contribution in [2.45, 2.75) is 101 Å². The summed E-state index contributed by atoms with van der Waals surface area (Å²) < 4.78 is 12.8. The zero-order chi connectivity index (χ0) is 38.2. The summed E-state index contributed by atoms with van der Waals surface area (Å²) in [6.07, 6.45) is 3.02. The number of nitrogens with zero attached hydrogens (tertiary/aromatic N) is 2. The highest BCUT2D eigenvalue weighted by atomic mass is 35.5. The number of halogens is 2. The average molecular weight is 780 g/mol. The highest BCUT2D eigenvalue weighted by molar-refractivity contribution is 6.34. The number of pyridine rings is 1. The molecule has 1 heterocycles. The van der Waals surface area contributed by atoms with Crippen molar-refractivity contribution in [1.29, 1.82) is 0 Å². The van der Waals surface area contributed by atoms with Gasteiger partial charge in [-0.05, 0) is 91.5 Å². The summed E-state index contributed by atoms with van der Waals surface area (Å²) in [4.78, 5) is 19.2. The van der Waals surface area contributed by atoms with E-state index in [4.69, 9.17) is 37.8 Å². The summed E-state index contributed by atoms with van der Waals surface area (Å²) in [5.41, 5.74) is 5.08. The molecule has 2 aliphatic carbocycles. The number of hydrogen-bond donors (Lipinski definition) is 5. The van der Waals surface area contributed by atoms with Crippen LogP contribution in [0.5, 0.6) is 5.75 Å². The lowest BCUT2D eigenvalue weighted by atomic mass is 9.96. The van der Waals surface area contributed by atoms with E-state index in [0.717, 1.165) is 64.8 Å². The maximum absolute atomic E-state index is 13.4. The van der Waals surface area contributed by atoms with E-state index in [1.807, 2.05) is 72.9 Å². The predicted molar refractivity (Wildman–Crippen MR) is 206 cm³/mol. The van der Waals surface area contributed by atoms with Crippen LogP contribution in [0.15, 0.2) is 85.2 Å². The molecule has 4 unspecified atom stereocenters. The quantitative estimate of drug-likeness (QED) is 0.0683. The molecular weight excluding hydrogens is 731 g/mol. The third kappa shape index (κ3) is 10.2. The van der Waals surface area contributed by atoms with Crippen molar-refractivity contribution in [3.05, 3.63) is 117 Å². The number of para-hydroxylation sites is 1. The number of carbonyl (C=O) groups excluding carboxylic acids is 1. The first-order valence-corrected chi connectivity index (χ1v) is 19.3. The van der Waals surface area contributed by atoms with Crippen LogP contribution in [-0.2, 0) is 34.7 Å². The third-order valence-corrected chi connectivity index (χ3v) is 10.8. The second-order valence-corrected chi connectivity index (χ2v) is 15.1. The number of rotatable bonds is 20. The molecule has 5 N–H and O–H groups in total. The van der Waals surface area contributed by atoms with Gasteiger partial charge in [-0.15, -0.1) is 0 Å². The maximum atomic E-state index is 13.4. The van der Waals surface area contributed by atoms with Gasteiger partial charge in [0.25, 0.3) is 0 Å². The summed E-state index contributed by atoms with van der Waals surface area (Å²) in [6, 6.07) is 23.1. The average Bonchev–Trinajstić information content (AvgIpc) is 4.14. The first-order chi connectivity index (χ1) is 26.1. The number of benzene rings is 3. The Kier molecular flexibility index (Phi) is 13.6. The molecule has 4 aromatic rings. The second kappa shape index (κ2) is 18.4. The Hall–Kier alpha value is -3.58. The molecule has 288 valence electrons. The minimum Gasteiger partial charge on any atom is -0.490 e. The third-order valence-electron chi connectivity index (χ3n) is 10.1. The molecule has 10 nitrogen and oxygen atoms in total. The molecule has 0 aliphatic heterocycles. The predicted octanol–water partition coefficient (Wildman–Crippen LogP) is 5.98. The second-order valence-electron chi connectivity index (χ2n) is 14.3. The number of unbranched alkanes of at least 4 members (excludes halogenated alkanes) is 1. The first-order valence-electron chi connectivity index (χ1n) is 18.5. The monoisotopic (exact) mass is 778 g/mol. The molecule has 12 heteroatoms. The van der Waals surface area contributed by atoms with E-state index in [1.165, 1.54) is 4.90 Å². The fourth-order valence-electron chi connectivity index (χ4n) is 6.61. The molecule has 0 radical (unpaired) electrons. The molecule has 2 aliphatic rings. The van der Waals surface area contributed by atoms with Gasteiger partial charge in [0.05, 0.1) is 24.9 Å². The topological polar surface area (TPSA) is 153 Å². The fourth-order valence-corrected chi connectivity index (χ4v) is 7.13. The lowest BCUT2D eigenvalue weighted by Crippen LogP contribution is -2.50. The van der Waals surface area contributed by atoms with Crippen LogP contribution >= 0.6 is 23.2 Å². The van der Waals surface area contributed by atoms with Gasteiger partial charge in [-0.1, -0.05) is 71.7 Å². The van der Waals surface area contributed by atoms with E-state index >= 15 is 0 Å². The van der Waals surface area contributed by atoms with Crippen molar-refractivity contribution in [3.8, 4) is 16.9 Å².